The van der Waals surface area contributed by atoms with E-state index in [1.165, 1.54) is 4.72 Å². The summed E-state index contributed by atoms with van der Waals surface area (Å²) in [7, 11) is -5.48. The van der Waals surface area contributed by atoms with Gasteiger partial charge in [0.15, 0.2) is 39.7 Å². The Morgan fingerprint density at radius 3 is 1.74 bits per heavy atom. The Morgan fingerprint density at radius 2 is 1.30 bits per heavy atom. The summed E-state index contributed by atoms with van der Waals surface area (Å²) in [6.45, 7) is 0. The first-order valence-electron chi connectivity index (χ1n) is 6.34. The molecule has 0 spiro atoms. The minimum atomic E-state index is -5.48. The molecule has 27 heavy (non-hydrogen) atoms. The van der Waals surface area contributed by atoms with Crippen molar-refractivity contribution >= 4 is 15.7 Å². The Kier molecular flexibility index (Phi) is 5.23. The molecule has 148 valence electrons. The quantitative estimate of drug-likeness (QED) is 0.454. The van der Waals surface area contributed by atoms with Gasteiger partial charge in [0.2, 0.25) is 5.82 Å². The van der Waals surface area contributed by atoms with E-state index in [9.17, 15) is 47.9 Å². The smallest absolute Gasteiger partial charge is 0.403 e. The molecule has 0 heterocycles. The molecule has 0 amide bonds. The maximum Gasteiger partial charge on any atom is 0.573 e. The molecule has 0 aromatic heterocycles. The summed E-state index contributed by atoms with van der Waals surface area (Å²) >= 11 is 0. The molecule has 2 aromatic carbocycles. The molecule has 0 saturated heterocycles. The van der Waals surface area contributed by atoms with E-state index in [-0.39, 0.29) is 6.07 Å². The van der Waals surface area contributed by atoms with Crippen LogP contribution in [0, 0.1) is 34.9 Å². The minimum Gasteiger partial charge on any atom is -0.403 e. The zero-order valence-electron chi connectivity index (χ0n) is 12.3. The molecule has 14 heteroatoms. The second-order valence-corrected chi connectivity index (χ2v) is 6.32. The van der Waals surface area contributed by atoms with Crippen LogP contribution in [0.5, 0.6) is 5.75 Å². The van der Waals surface area contributed by atoms with Crippen LogP contribution < -0.4 is 9.46 Å². The van der Waals surface area contributed by atoms with Crippen molar-refractivity contribution in [1.29, 1.82) is 0 Å². The van der Waals surface area contributed by atoms with Gasteiger partial charge in [-0.1, -0.05) is 0 Å². The Hall–Kier alpha value is -2.64. The number of alkyl halides is 3. The van der Waals surface area contributed by atoms with E-state index in [2.05, 4.69) is 4.74 Å². The number of ether oxygens (including phenoxy) is 1. The summed E-state index contributed by atoms with van der Waals surface area (Å²) in [5.41, 5.74) is -0.883. The Labute approximate surface area is 144 Å². The van der Waals surface area contributed by atoms with Crippen LogP contribution in [0.4, 0.5) is 45.2 Å². The van der Waals surface area contributed by atoms with Gasteiger partial charge >= 0.3 is 6.36 Å². The summed E-state index contributed by atoms with van der Waals surface area (Å²) in [6, 6.07) is 0.942. The molecule has 0 aliphatic heterocycles. The number of hydrogen-bond donors (Lipinski definition) is 1. The molecule has 0 radical (unpaired) electrons. The van der Waals surface area contributed by atoms with Crippen molar-refractivity contribution in [3.8, 4) is 5.75 Å². The largest absolute Gasteiger partial charge is 0.573 e. The van der Waals surface area contributed by atoms with Gasteiger partial charge in [-0.15, -0.1) is 13.2 Å². The Balaban J connectivity index is 2.45. The average Bonchev–Trinajstić information content (AvgIpc) is 2.52. The lowest BCUT2D eigenvalue weighted by molar-refractivity contribution is -0.275. The standard InChI is InChI=1S/C13H4F9NO3S/c14-5-3-4(1-2-6(5)26-13(20,21)22)23-27(24,25)12-10(18)8(16)7(15)9(17)11(12)19/h1-3,23H. The van der Waals surface area contributed by atoms with Gasteiger partial charge in [0.05, 0.1) is 5.69 Å². The number of anilines is 1. The molecule has 0 atom stereocenters. The normalized spacial score (nSPS) is 12.2. The summed E-state index contributed by atoms with van der Waals surface area (Å²) in [4.78, 5) is -2.25. The molecular formula is C13H4F9NO3S. The van der Waals surface area contributed by atoms with E-state index in [1.54, 1.807) is 0 Å². The van der Waals surface area contributed by atoms with Crippen LogP contribution in [-0.4, -0.2) is 14.8 Å². The first kappa shape index (κ1) is 20.7. The van der Waals surface area contributed by atoms with E-state index in [1.807, 2.05) is 0 Å². The van der Waals surface area contributed by atoms with Crippen LogP contribution in [0.15, 0.2) is 23.1 Å². The highest BCUT2D eigenvalue weighted by Crippen LogP contribution is 2.30. The van der Waals surface area contributed by atoms with Gasteiger partial charge in [-0.2, -0.15) is 0 Å². The number of nitrogens with one attached hydrogen (secondary N) is 1. The topological polar surface area (TPSA) is 55.4 Å². The summed E-state index contributed by atoms with van der Waals surface area (Å²) in [5, 5.41) is 0. The van der Waals surface area contributed by atoms with E-state index < -0.39 is 67.6 Å². The van der Waals surface area contributed by atoms with Gasteiger partial charge in [-0.05, 0) is 12.1 Å². The molecule has 0 aliphatic carbocycles. The highest BCUT2D eigenvalue weighted by atomic mass is 32.2. The van der Waals surface area contributed by atoms with Crippen LogP contribution >= 0.6 is 0 Å². The third-order valence-electron chi connectivity index (χ3n) is 2.85. The van der Waals surface area contributed by atoms with E-state index in [0.29, 0.717) is 12.1 Å². The molecule has 0 unspecified atom stereocenters. The Morgan fingerprint density at radius 1 is 0.815 bits per heavy atom. The molecule has 0 bridgehead atoms. The summed E-state index contributed by atoms with van der Waals surface area (Å²) < 4.78 is 144. The van der Waals surface area contributed by atoms with Crippen molar-refractivity contribution in [3.63, 3.8) is 0 Å². The lowest BCUT2D eigenvalue weighted by Crippen LogP contribution is -2.20. The molecule has 1 N–H and O–H groups in total. The molecular weight excluding hydrogens is 421 g/mol. The first-order chi connectivity index (χ1) is 12.2. The molecule has 0 fully saturated rings. The number of hydrogen-bond acceptors (Lipinski definition) is 3. The molecule has 2 rings (SSSR count). The van der Waals surface area contributed by atoms with E-state index in [0.717, 1.165) is 0 Å². The highest BCUT2D eigenvalue weighted by Gasteiger charge is 2.34. The van der Waals surface area contributed by atoms with Crippen LogP contribution in [0.3, 0.4) is 0 Å². The predicted octanol–water partition coefficient (Wildman–Crippen LogP) is 4.22. The maximum absolute atomic E-state index is 13.6. The predicted molar refractivity (Wildman–Crippen MR) is 70.1 cm³/mol. The lowest BCUT2D eigenvalue weighted by Gasteiger charge is -2.13. The third-order valence-corrected chi connectivity index (χ3v) is 4.25. The third kappa shape index (κ3) is 4.20. The van der Waals surface area contributed by atoms with Crippen molar-refractivity contribution in [2.75, 3.05) is 4.72 Å². The second kappa shape index (κ2) is 6.83. The van der Waals surface area contributed by atoms with Gasteiger partial charge < -0.3 is 4.74 Å². The van der Waals surface area contributed by atoms with Gasteiger partial charge in [0.1, 0.15) is 0 Å². The van der Waals surface area contributed by atoms with Gasteiger partial charge in [-0.25, -0.2) is 34.8 Å². The zero-order chi connectivity index (χ0) is 20.7. The summed E-state index contributed by atoms with van der Waals surface area (Å²) in [5.74, 6) is -16.2. The van der Waals surface area contributed by atoms with Crippen molar-refractivity contribution in [3.05, 3.63) is 53.1 Å². The van der Waals surface area contributed by atoms with Gasteiger partial charge in [0, 0.05) is 6.07 Å². The lowest BCUT2D eigenvalue weighted by atomic mass is 10.3. The minimum absolute atomic E-state index is 0.130. The SMILES string of the molecule is O=S(=O)(Nc1ccc(OC(F)(F)F)c(F)c1)c1c(F)c(F)c(F)c(F)c1F. The number of sulfonamides is 1. The number of rotatable bonds is 4. The molecule has 0 saturated carbocycles. The fourth-order valence-electron chi connectivity index (χ4n) is 1.80. The van der Waals surface area contributed by atoms with Crippen molar-refractivity contribution in [2.24, 2.45) is 0 Å². The number of halogens is 9. The zero-order valence-corrected chi connectivity index (χ0v) is 13.1. The van der Waals surface area contributed by atoms with E-state index in [4.69, 9.17) is 0 Å². The Bertz CT molecular complexity index is 976. The monoisotopic (exact) mass is 425 g/mol. The van der Waals surface area contributed by atoms with Crippen molar-refractivity contribution < 1.29 is 52.7 Å². The molecule has 4 nitrogen and oxygen atoms in total. The first-order valence-corrected chi connectivity index (χ1v) is 7.82. The van der Waals surface area contributed by atoms with Crippen LogP contribution in [0.1, 0.15) is 0 Å². The van der Waals surface area contributed by atoms with E-state index >= 15 is 0 Å². The number of benzene rings is 2. The highest BCUT2D eigenvalue weighted by molar-refractivity contribution is 7.92. The van der Waals surface area contributed by atoms with Crippen LogP contribution in [0.2, 0.25) is 0 Å². The van der Waals surface area contributed by atoms with Gasteiger partial charge in [0.25, 0.3) is 10.0 Å². The van der Waals surface area contributed by atoms with Crippen LogP contribution in [-0.2, 0) is 10.0 Å². The van der Waals surface area contributed by atoms with Crippen LogP contribution in [0.25, 0.3) is 0 Å². The second-order valence-electron chi connectivity index (χ2n) is 4.70. The van der Waals surface area contributed by atoms with Gasteiger partial charge in [-0.3, -0.25) is 4.72 Å². The summed E-state index contributed by atoms with van der Waals surface area (Å²) in [6.07, 6.45) is -5.27. The fourth-order valence-corrected chi connectivity index (χ4v) is 2.99. The van der Waals surface area contributed by atoms with Crippen molar-refractivity contribution in [2.45, 2.75) is 11.3 Å². The fraction of sp³-hybridized carbons (Fsp3) is 0.0769. The van der Waals surface area contributed by atoms with Crippen molar-refractivity contribution in [1.82, 2.24) is 0 Å². The molecule has 2 aromatic rings. The maximum atomic E-state index is 13.6. The molecule has 0 aliphatic rings. The average molecular weight is 425 g/mol.